The van der Waals surface area contributed by atoms with Gasteiger partial charge in [0.2, 0.25) is 5.88 Å². The van der Waals surface area contributed by atoms with Crippen LogP contribution in [-0.2, 0) is 0 Å². The minimum Gasteiger partial charge on any atom is -0.480 e. The van der Waals surface area contributed by atoms with Crippen molar-refractivity contribution in [2.45, 2.75) is 39.0 Å². The summed E-state index contributed by atoms with van der Waals surface area (Å²) in [6.07, 6.45) is 7.70. The van der Waals surface area contributed by atoms with Crippen LogP contribution in [0.15, 0.2) is 10.7 Å². The molecule has 0 N–H and O–H groups in total. The maximum absolute atomic E-state index is 5.46. The van der Waals surface area contributed by atoms with Crippen molar-refractivity contribution < 1.29 is 9.47 Å². The molecule has 0 fully saturated rings. The van der Waals surface area contributed by atoms with Crippen molar-refractivity contribution in [1.29, 1.82) is 0 Å². The minimum absolute atomic E-state index is 0.376. The van der Waals surface area contributed by atoms with Gasteiger partial charge in [-0.2, -0.15) is 4.98 Å². The van der Waals surface area contributed by atoms with Crippen molar-refractivity contribution in [2.24, 2.45) is 0 Å². The molecule has 0 aliphatic carbocycles. The van der Waals surface area contributed by atoms with Gasteiger partial charge in [0.15, 0.2) is 0 Å². The number of unbranched alkanes of at least 4 members (excludes halogenated alkanes) is 4. The molecule has 0 amide bonds. The van der Waals surface area contributed by atoms with Crippen LogP contribution in [-0.4, -0.2) is 23.7 Å². The second kappa shape index (κ2) is 8.28. The second-order valence-electron chi connectivity index (χ2n) is 3.77. The van der Waals surface area contributed by atoms with E-state index in [-0.39, 0.29) is 0 Å². The molecule has 0 aromatic carbocycles. The zero-order valence-corrected chi connectivity index (χ0v) is 12.0. The lowest BCUT2D eigenvalue weighted by Gasteiger charge is -2.06. The number of nitrogens with zero attached hydrogens (tertiary/aromatic N) is 2. The van der Waals surface area contributed by atoms with Gasteiger partial charge in [-0.1, -0.05) is 32.6 Å². The van der Waals surface area contributed by atoms with Crippen LogP contribution < -0.4 is 9.47 Å². The van der Waals surface area contributed by atoms with E-state index in [9.17, 15) is 0 Å². The fraction of sp³-hybridized carbons (Fsp3) is 0.667. The number of hydrogen-bond donors (Lipinski definition) is 0. The van der Waals surface area contributed by atoms with Crippen LogP contribution in [0.5, 0.6) is 11.9 Å². The first kappa shape index (κ1) is 14.2. The zero-order valence-electron chi connectivity index (χ0n) is 10.4. The summed E-state index contributed by atoms with van der Waals surface area (Å²) in [6, 6.07) is 0.376. The Labute approximate surface area is 111 Å². The van der Waals surface area contributed by atoms with Gasteiger partial charge in [0, 0.05) is 0 Å². The topological polar surface area (TPSA) is 44.2 Å². The highest BCUT2D eigenvalue weighted by atomic mass is 79.9. The minimum atomic E-state index is 0.376. The third-order valence-electron chi connectivity index (χ3n) is 2.36. The summed E-state index contributed by atoms with van der Waals surface area (Å²) in [5, 5.41) is 0. The van der Waals surface area contributed by atoms with Gasteiger partial charge >= 0.3 is 6.01 Å². The van der Waals surface area contributed by atoms with E-state index in [0.717, 1.165) is 10.9 Å². The Kier molecular flexibility index (Phi) is 6.93. The van der Waals surface area contributed by atoms with Crippen LogP contribution in [0, 0.1) is 0 Å². The van der Waals surface area contributed by atoms with Gasteiger partial charge in [-0.25, -0.2) is 4.98 Å². The largest absolute Gasteiger partial charge is 0.480 e. The van der Waals surface area contributed by atoms with E-state index in [2.05, 4.69) is 32.8 Å². The van der Waals surface area contributed by atoms with E-state index >= 15 is 0 Å². The van der Waals surface area contributed by atoms with Gasteiger partial charge in [0.25, 0.3) is 0 Å². The van der Waals surface area contributed by atoms with Gasteiger partial charge in [0.05, 0.1) is 24.4 Å². The van der Waals surface area contributed by atoms with Crippen molar-refractivity contribution >= 4 is 15.9 Å². The molecule has 5 heteroatoms. The number of aromatic nitrogens is 2. The molecule has 1 aromatic heterocycles. The highest BCUT2D eigenvalue weighted by Crippen LogP contribution is 2.22. The Hall–Kier alpha value is -0.840. The number of halogens is 1. The number of ether oxygens (including phenoxy) is 2. The molecule has 0 saturated heterocycles. The molecule has 0 unspecified atom stereocenters. The maximum atomic E-state index is 5.46. The normalized spacial score (nSPS) is 10.3. The summed E-state index contributed by atoms with van der Waals surface area (Å²) < 4.78 is 11.3. The molecule has 0 bridgehead atoms. The molecule has 1 aromatic rings. The Morgan fingerprint density at radius 2 is 2.00 bits per heavy atom. The first-order valence-electron chi connectivity index (χ1n) is 5.97. The van der Waals surface area contributed by atoms with Crippen molar-refractivity contribution in [3.63, 3.8) is 0 Å². The first-order valence-corrected chi connectivity index (χ1v) is 6.76. The zero-order chi connectivity index (χ0) is 12.5. The summed E-state index contributed by atoms with van der Waals surface area (Å²) in [5.41, 5.74) is 0. The average Bonchev–Trinajstić information content (AvgIpc) is 2.35. The molecule has 0 aliphatic heterocycles. The summed E-state index contributed by atoms with van der Waals surface area (Å²) in [5.74, 6) is 0.501. The van der Waals surface area contributed by atoms with E-state index in [1.54, 1.807) is 13.3 Å². The second-order valence-corrected chi connectivity index (χ2v) is 4.63. The predicted octanol–water partition coefficient (Wildman–Crippen LogP) is 3.60. The van der Waals surface area contributed by atoms with Gasteiger partial charge in [-0.15, -0.1) is 0 Å². The molecular formula is C12H19BrN2O2. The predicted molar refractivity (Wildman–Crippen MR) is 70.5 cm³/mol. The molecule has 0 spiro atoms. The lowest BCUT2D eigenvalue weighted by molar-refractivity contribution is 0.274. The summed E-state index contributed by atoms with van der Waals surface area (Å²) in [7, 11) is 1.57. The van der Waals surface area contributed by atoms with Crippen LogP contribution in [0.2, 0.25) is 0 Å². The van der Waals surface area contributed by atoms with Gasteiger partial charge in [-0.05, 0) is 22.4 Å². The fourth-order valence-corrected chi connectivity index (χ4v) is 1.77. The highest BCUT2D eigenvalue weighted by Gasteiger charge is 2.05. The molecule has 1 heterocycles. The Bertz CT molecular complexity index is 334. The number of methoxy groups -OCH3 is 1. The molecule has 1 rings (SSSR count). The maximum Gasteiger partial charge on any atom is 0.319 e. The SMILES string of the molecule is CCCCCCCOc1ncc(Br)c(OC)n1. The highest BCUT2D eigenvalue weighted by molar-refractivity contribution is 9.10. The Morgan fingerprint density at radius 1 is 1.24 bits per heavy atom. The smallest absolute Gasteiger partial charge is 0.319 e. The molecular weight excluding hydrogens is 284 g/mol. The molecule has 4 nitrogen and oxygen atoms in total. The average molecular weight is 303 g/mol. The molecule has 0 saturated carbocycles. The lowest BCUT2D eigenvalue weighted by Crippen LogP contribution is -2.02. The van der Waals surface area contributed by atoms with Gasteiger partial charge in [-0.3, -0.25) is 0 Å². The van der Waals surface area contributed by atoms with E-state index in [1.165, 1.54) is 25.7 Å². The molecule has 0 atom stereocenters. The number of hydrogen-bond acceptors (Lipinski definition) is 4. The molecule has 17 heavy (non-hydrogen) atoms. The van der Waals surface area contributed by atoms with Crippen molar-refractivity contribution in [3.05, 3.63) is 10.7 Å². The quantitative estimate of drug-likeness (QED) is 0.688. The third kappa shape index (κ3) is 5.35. The van der Waals surface area contributed by atoms with Crippen LogP contribution in [0.1, 0.15) is 39.0 Å². The van der Waals surface area contributed by atoms with E-state index < -0.39 is 0 Å². The van der Waals surface area contributed by atoms with Crippen molar-refractivity contribution in [2.75, 3.05) is 13.7 Å². The molecule has 0 radical (unpaired) electrons. The third-order valence-corrected chi connectivity index (χ3v) is 2.91. The molecule has 96 valence electrons. The van der Waals surface area contributed by atoms with E-state index in [4.69, 9.17) is 9.47 Å². The number of rotatable bonds is 8. The summed E-state index contributed by atoms with van der Waals surface area (Å²) in [6.45, 7) is 2.87. The summed E-state index contributed by atoms with van der Waals surface area (Å²) >= 11 is 3.30. The van der Waals surface area contributed by atoms with Crippen molar-refractivity contribution in [1.82, 2.24) is 9.97 Å². The van der Waals surface area contributed by atoms with E-state index in [1.807, 2.05) is 0 Å². The summed E-state index contributed by atoms with van der Waals surface area (Å²) in [4.78, 5) is 8.18. The molecule has 0 aliphatic rings. The lowest BCUT2D eigenvalue weighted by atomic mass is 10.2. The van der Waals surface area contributed by atoms with E-state index in [0.29, 0.717) is 18.5 Å². The van der Waals surface area contributed by atoms with Crippen LogP contribution in [0.4, 0.5) is 0 Å². The van der Waals surface area contributed by atoms with Crippen molar-refractivity contribution in [3.8, 4) is 11.9 Å². The van der Waals surface area contributed by atoms with Gasteiger partial charge < -0.3 is 9.47 Å². The monoisotopic (exact) mass is 302 g/mol. The standard InChI is InChI=1S/C12H19BrN2O2/c1-3-4-5-6-7-8-17-12-14-9-10(13)11(15-12)16-2/h9H,3-8H2,1-2H3. The van der Waals surface area contributed by atoms with Gasteiger partial charge in [0.1, 0.15) is 0 Å². The Morgan fingerprint density at radius 3 is 2.71 bits per heavy atom. The van der Waals surface area contributed by atoms with Crippen LogP contribution in [0.25, 0.3) is 0 Å². The Balaban J connectivity index is 2.27. The van der Waals surface area contributed by atoms with Crippen LogP contribution in [0.3, 0.4) is 0 Å². The van der Waals surface area contributed by atoms with Crippen LogP contribution >= 0.6 is 15.9 Å². The fourth-order valence-electron chi connectivity index (χ4n) is 1.42. The first-order chi connectivity index (χ1) is 8.27.